The SMILES string of the molecule is COc1ccc(N2C(=O)CC([NH+]3CCN(c4ccccc4F)CC3)C2=O)cc1. The van der Waals surface area contributed by atoms with Crippen LogP contribution in [0.15, 0.2) is 48.5 Å². The number of halogens is 1. The molecule has 2 saturated heterocycles. The van der Waals surface area contributed by atoms with E-state index in [1.807, 2.05) is 11.0 Å². The molecule has 0 saturated carbocycles. The summed E-state index contributed by atoms with van der Waals surface area (Å²) < 4.78 is 19.1. The number of carbonyl (C=O) groups is 2. The maximum atomic E-state index is 14.0. The number of para-hydroxylation sites is 1. The van der Waals surface area contributed by atoms with Crippen LogP contribution in [-0.4, -0.2) is 51.1 Å². The molecule has 146 valence electrons. The molecule has 0 aliphatic carbocycles. The minimum absolute atomic E-state index is 0.162. The lowest BCUT2D eigenvalue weighted by atomic mass is 10.1. The zero-order valence-electron chi connectivity index (χ0n) is 15.7. The van der Waals surface area contributed by atoms with Gasteiger partial charge in [0.05, 0.1) is 51.1 Å². The van der Waals surface area contributed by atoms with Gasteiger partial charge in [-0.1, -0.05) is 12.1 Å². The highest BCUT2D eigenvalue weighted by atomic mass is 19.1. The lowest BCUT2D eigenvalue weighted by molar-refractivity contribution is -0.915. The normalized spacial score (nSPS) is 20.7. The van der Waals surface area contributed by atoms with Crippen molar-refractivity contribution in [3.8, 4) is 5.75 Å². The molecule has 6 nitrogen and oxygen atoms in total. The maximum Gasteiger partial charge on any atom is 0.292 e. The van der Waals surface area contributed by atoms with Crippen LogP contribution < -0.4 is 19.4 Å². The minimum atomic E-state index is -0.377. The number of amides is 2. The highest BCUT2D eigenvalue weighted by Gasteiger charge is 2.46. The van der Waals surface area contributed by atoms with E-state index in [1.54, 1.807) is 43.5 Å². The Morgan fingerprint density at radius 2 is 1.71 bits per heavy atom. The number of benzene rings is 2. The van der Waals surface area contributed by atoms with Gasteiger partial charge in [0, 0.05) is 0 Å². The predicted octanol–water partition coefficient (Wildman–Crippen LogP) is 0.871. The Labute approximate surface area is 163 Å². The fourth-order valence-electron chi connectivity index (χ4n) is 4.04. The number of rotatable bonds is 4. The molecule has 7 heteroatoms. The van der Waals surface area contributed by atoms with Crippen molar-refractivity contribution < 1.29 is 23.6 Å². The van der Waals surface area contributed by atoms with Crippen molar-refractivity contribution in [3.05, 3.63) is 54.3 Å². The smallest absolute Gasteiger partial charge is 0.292 e. The molecular weight excluding hydrogens is 361 g/mol. The number of hydrogen-bond acceptors (Lipinski definition) is 4. The van der Waals surface area contributed by atoms with Crippen LogP contribution in [-0.2, 0) is 9.59 Å². The molecule has 0 radical (unpaired) electrons. The first-order valence-electron chi connectivity index (χ1n) is 9.43. The number of quaternary nitrogens is 1. The number of hydrogen-bond donors (Lipinski definition) is 1. The van der Waals surface area contributed by atoms with E-state index in [1.165, 1.54) is 11.0 Å². The molecule has 0 spiro atoms. The van der Waals surface area contributed by atoms with Gasteiger partial charge in [-0.25, -0.2) is 9.29 Å². The second-order valence-electron chi connectivity index (χ2n) is 7.12. The standard InChI is InChI=1S/C21H22FN3O3/c1-28-16-8-6-15(7-9-16)25-20(26)14-19(21(25)27)24-12-10-23(11-13-24)18-5-3-2-4-17(18)22/h2-9,19H,10-14H2,1H3/p+1. The molecular formula is C21H23FN3O3+. The van der Waals surface area contributed by atoms with E-state index in [0.717, 1.165) is 4.90 Å². The molecule has 28 heavy (non-hydrogen) atoms. The average Bonchev–Trinajstić information content (AvgIpc) is 3.03. The first-order valence-corrected chi connectivity index (χ1v) is 9.43. The van der Waals surface area contributed by atoms with E-state index in [9.17, 15) is 14.0 Å². The van der Waals surface area contributed by atoms with Crippen molar-refractivity contribution in [1.29, 1.82) is 0 Å². The highest BCUT2D eigenvalue weighted by Crippen LogP contribution is 2.25. The predicted molar refractivity (Wildman–Crippen MR) is 103 cm³/mol. The van der Waals surface area contributed by atoms with Crippen LogP contribution >= 0.6 is 0 Å². The summed E-state index contributed by atoms with van der Waals surface area (Å²) in [7, 11) is 1.57. The van der Waals surface area contributed by atoms with Gasteiger partial charge in [-0.15, -0.1) is 0 Å². The van der Waals surface area contributed by atoms with E-state index < -0.39 is 0 Å². The Balaban J connectivity index is 1.44. The van der Waals surface area contributed by atoms with Crippen LogP contribution in [0, 0.1) is 5.82 Å². The fraction of sp³-hybridized carbons (Fsp3) is 0.333. The number of nitrogens with zero attached hydrogens (tertiary/aromatic N) is 2. The Bertz CT molecular complexity index is 879. The summed E-state index contributed by atoms with van der Waals surface area (Å²) in [6, 6.07) is 13.3. The molecule has 2 aromatic carbocycles. The van der Waals surface area contributed by atoms with Crippen molar-refractivity contribution in [1.82, 2.24) is 0 Å². The van der Waals surface area contributed by atoms with Gasteiger partial charge in [0.2, 0.25) is 5.91 Å². The Kier molecular flexibility index (Phi) is 5.00. The summed E-state index contributed by atoms with van der Waals surface area (Å²) in [6.45, 7) is 2.68. The summed E-state index contributed by atoms with van der Waals surface area (Å²) in [4.78, 5) is 29.8. The zero-order chi connectivity index (χ0) is 19.7. The maximum absolute atomic E-state index is 14.0. The second-order valence-corrected chi connectivity index (χ2v) is 7.12. The molecule has 0 bridgehead atoms. The van der Waals surface area contributed by atoms with E-state index in [0.29, 0.717) is 43.3 Å². The van der Waals surface area contributed by atoms with Gasteiger partial charge in [-0.3, -0.25) is 9.59 Å². The van der Waals surface area contributed by atoms with Crippen LogP contribution in [0.4, 0.5) is 15.8 Å². The third-order valence-corrected chi connectivity index (χ3v) is 5.57. The van der Waals surface area contributed by atoms with Gasteiger partial charge in [-0.2, -0.15) is 0 Å². The summed E-state index contributed by atoms with van der Waals surface area (Å²) in [5, 5.41) is 0. The molecule has 0 aromatic heterocycles. The van der Waals surface area contributed by atoms with Crippen molar-refractivity contribution in [2.75, 3.05) is 43.1 Å². The lowest BCUT2D eigenvalue weighted by Gasteiger charge is -2.35. The molecule has 2 aliphatic rings. The number of piperazine rings is 1. The first kappa shape index (κ1) is 18.4. The molecule has 2 heterocycles. The van der Waals surface area contributed by atoms with Gasteiger partial charge in [0.15, 0.2) is 6.04 Å². The molecule has 1 atom stereocenters. The highest BCUT2D eigenvalue weighted by molar-refractivity contribution is 6.21. The molecule has 2 aromatic rings. The lowest BCUT2D eigenvalue weighted by Crippen LogP contribution is -3.19. The summed E-state index contributed by atoms with van der Waals surface area (Å²) >= 11 is 0. The number of carbonyl (C=O) groups excluding carboxylic acids is 2. The summed E-state index contributed by atoms with van der Waals surface area (Å²) in [5.41, 5.74) is 1.16. The third kappa shape index (κ3) is 3.33. The third-order valence-electron chi connectivity index (χ3n) is 5.57. The molecule has 2 fully saturated rings. The molecule has 4 rings (SSSR count). The van der Waals surface area contributed by atoms with Gasteiger partial charge in [0.1, 0.15) is 11.6 Å². The van der Waals surface area contributed by atoms with E-state index in [4.69, 9.17) is 4.74 Å². The van der Waals surface area contributed by atoms with Crippen LogP contribution in [0.25, 0.3) is 0 Å². The van der Waals surface area contributed by atoms with Gasteiger partial charge < -0.3 is 14.5 Å². The summed E-state index contributed by atoms with van der Waals surface area (Å²) in [5.74, 6) is 0.103. The Hall–Kier alpha value is -2.93. The fourth-order valence-corrected chi connectivity index (χ4v) is 4.04. The topological polar surface area (TPSA) is 54.3 Å². The monoisotopic (exact) mass is 384 g/mol. The number of imide groups is 1. The van der Waals surface area contributed by atoms with Crippen LogP contribution in [0.1, 0.15) is 6.42 Å². The van der Waals surface area contributed by atoms with Crippen LogP contribution in [0.5, 0.6) is 5.75 Å². The Morgan fingerprint density at radius 1 is 1.04 bits per heavy atom. The van der Waals surface area contributed by atoms with E-state index in [2.05, 4.69) is 0 Å². The minimum Gasteiger partial charge on any atom is -0.497 e. The van der Waals surface area contributed by atoms with E-state index >= 15 is 0 Å². The number of methoxy groups -OCH3 is 1. The molecule has 1 N–H and O–H groups in total. The van der Waals surface area contributed by atoms with Gasteiger partial charge in [0.25, 0.3) is 5.91 Å². The number of anilines is 2. The Morgan fingerprint density at radius 3 is 2.36 bits per heavy atom. The second kappa shape index (κ2) is 7.59. The van der Waals surface area contributed by atoms with Crippen molar-refractivity contribution in [2.24, 2.45) is 0 Å². The van der Waals surface area contributed by atoms with E-state index in [-0.39, 0.29) is 30.1 Å². The van der Waals surface area contributed by atoms with Crippen molar-refractivity contribution in [3.63, 3.8) is 0 Å². The van der Waals surface area contributed by atoms with Gasteiger partial charge in [-0.05, 0) is 36.4 Å². The molecule has 2 amide bonds. The van der Waals surface area contributed by atoms with Crippen molar-refractivity contribution in [2.45, 2.75) is 12.5 Å². The first-order chi connectivity index (χ1) is 13.6. The van der Waals surface area contributed by atoms with Gasteiger partial charge >= 0.3 is 0 Å². The quantitative estimate of drug-likeness (QED) is 0.795. The average molecular weight is 384 g/mol. The van der Waals surface area contributed by atoms with Crippen LogP contribution in [0.2, 0.25) is 0 Å². The largest absolute Gasteiger partial charge is 0.497 e. The summed E-state index contributed by atoms with van der Waals surface area (Å²) in [6.07, 6.45) is 0.208. The number of nitrogens with one attached hydrogen (secondary N) is 1. The number of ether oxygens (including phenoxy) is 1. The molecule has 1 unspecified atom stereocenters. The van der Waals surface area contributed by atoms with Crippen molar-refractivity contribution >= 4 is 23.2 Å². The van der Waals surface area contributed by atoms with Crippen LogP contribution in [0.3, 0.4) is 0 Å². The zero-order valence-corrected chi connectivity index (χ0v) is 15.7. The molecule has 2 aliphatic heterocycles.